The zero-order valence-corrected chi connectivity index (χ0v) is 18.5. The van der Waals surface area contributed by atoms with E-state index in [-0.39, 0.29) is 17.7 Å². The summed E-state index contributed by atoms with van der Waals surface area (Å²) in [6.07, 6.45) is 5.92. The van der Waals surface area contributed by atoms with Crippen LogP contribution in [0.1, 0.15) is 59.8 Å². The number of carbonyl (C=O) groups excluding carboxylic acids is 2. The van der Waals surface area contributed by atoms with E-state index >= 15 is 0 Å². The van der Waals surface area contributed by atoms with Crippen LogP contribution in [-0.4, -0.2) is 28.1 Å². The number of nitrogens with one attached hydrogen (secondary N) is 3. The Labute approximate surface area is 179 Å². The van der Waals surface area contributed by atoms with Gasteiger partial charge in [0.2, 0.25) is 11.8 Å². The van der Waals surface area contributed by atoms with Crippen LogP contribution in [-0.2, 0) is 9.59 Å². The van der Waals surface area contributed by atoms with Crippen molar-refractivity contribution in [3.05, 3.63) is 48.0 Å². The van der Waals surface area contributed by atoms with E-state index in [1.807, 2.05) is 37.3 Å². The maximum Gasteiger partial charge on any atom is 0.248 e. The number of allylic oxidation sites excluding steroid dienone is 2. The van der Waals surface area contributed by atoms with Crippen molar-refractivity contribution in [1.29, 1.82) is 0 Å². The molecule has 30 heavy (non-hydrogen) atoms. The number of benzene rings is 1. The Kier molecular flexibility index (Phi) is 9.32. The first-order valence-corrected chi connectivity index (χ1v) is 10.7. The smallest absolute Gasteiger partial charge is 0.248 e. The number of nitrogens with zero attached hydrogens (tertiary/aromatic N) is 1. The van der Waals surface area contributed by atoms with E-state index in [4.69, 9.17) is 0 Å². The molecule has 2 aromatic rings. The van der Waals surface area contributed by atoms with E-state index in [2.05, 4.69) is 47.7 Å². The highest BCUT2D eigenvalue weighted by Crippen LogP contribution is 2.19. The van der Waals surface area contributed by atoms with Crippen molar-refractivity contribution < 1.29 is 9.59 Å². The van der Waals surface area contributed by atoms with Gasteiger partial charge in [0, 0.05) is 12.5 Å². The Morgan fingerprint density at radius 2 is 1.90 bits per heavy atom. The molecule has 2 atom stereocenters. The Balaban J connectivity index is 1.90. The fraction of sp³-hybridized carbons (Fsp3) is 0.458. The van der Waals surface area contributed by atoms with Crippen LogP contribution in [0.25, 0.3) is 11.3 Å². The molecule has 0 aliphatic heterocycles. The molecule has 0 fully saturated rings. The van der Waals surface area contributed by atoms with Gasteiger partial charge in [0.1, 0.15) is 6.04 Å². The third-order valence-electron chi connectivity index (χ3n) is 4.89. The maximum atomic E-state index is 12.7. The maximum absolute atomic E-state index is 12.7. The van der Waals surface area contributed by atoms with Crippen LogP contribution in [0.4, 0.5) is 5.82 Å². The monoisotopic (exact) mass is 410 g/mol. The molecule has 1 aromatic carbocycles. The molecule has 0 saturated heterocycles. The van der Waals surface area contributed by atoms with Crippen LogP contribution in [0.2, 0.25) is 0 Å². The fourth-order valence-electron chi connectivity index (χ4n) is 3.25. The van der Waals surface area contributed by atoms with Gasteiger partial charge in [-0.15, -0.1) is 0 Å². The summed E-state index contributed by atoms with van der Waals surface area (Å²) < 4.78 is 0. The lowest BCUT2D eigenvalue weighted by Crippen LogP contribution is -2.44. The second-order valence-corrected chi connectivity index (χ2v) is 8.10. The quantitative estimate of drug-likeness (QED) is 0.452. The zero-order valence-electron chi connectivity index (χ0n) is 18.5. The number of aromatic nitrogens is 2. The van der Waals surface area contributed by atoms with E-state index in [1.165, 1.54) is 5.57 Å². The van der Waals surface area contributed by atoms with Crippen molar-refractivity contribution in [2.24, 2.45) is 5.92 Å². The van der Waals surface area contributed by atoms with Crippen molar-refractivity contribution in [1.82, 2.24) is 15.5 Å². The van der Waals surface area contributed by atoms with Gasteiger partial charge in [-0.2, -0.15) is 5.10 Å². The highest BCUT2D eigenvalue weighted by molar-refractivity contribution is 5.96. The molecule has 0 aliphatic carbocycles. The van der Waals surface area contributed by atoms with Crippen LogP contribution >= 0.6 is 0 Å². The molecule has 2 unspecified atom stereocenters. The molecule has 0 aliphatic rings. The normalized spacial score (nSPS) is 12.7. The van der Waals surface area contributed by atoms with Crippen molar-refractivity contribution in [2.45, 2.75) is 65.8 Å². The van der Waals surface area contributed by atoms with Gasteiger partial charge < -0.3 is 10.6 Å². The Morgan fingerprint density at radius 1 is 1.17 bits per heavy atom. The lowest BCUT2D eigenvalue weighted by molar-refractivity contribution is -0.127. The molecule has 0 saturated carbocycles. The summed E-state index contributed by atoms with van der Waals surface area (Å²) in [5.74, 6) is 0.392. The average Bonchev–Trinajstić information content (AvgIpc) is 3.16. The second-order valence-electron chi connectivity index (χ2n) is 8.10. The van der Waals surface area contributed by atoms with Crippen LogP contribution in [0, 0.1) is 5.92 Å². The number of amides is 2. The topological polar surface area (TPSA) is 86.9 Å². The average molecular weight is 411 g/mol. The summed E-state index contributed by atoms with van der Waals surface area (Å²) in [7, 11) is 0. The zero-order chi connectivity index (χ0) is 21.9. The molecule has 3 N–H and O–H groups in total. The summed E-state index contributed by atoms with van der Waals surface area (Å²) >= 11 is 0. The summed E-state index contributed by atoms with van der Waals surface area (Å²) in [4.78, 5) is 25.2. The number of hydrogen-bond acceptors (Lipinski definition) is 3. The predicted molar refractivity (Wildman–Crippen MR) is 122 cm³/mol. The molecule has 6 nitrogen and oxygen atoms in total. The van der Waals surface area contributed by atoms with Gasteiger partial charge in [0.15, 0.2) is 5.82 Å². The molecule has 2 rings (SSSR count). The SMILES string of the molecule is CCCC(NC(=O)CC(C)CCC=C(C)C)C(=O)Nc1cc(-c2ccccc2)[nH]n1. The standard InChI is InChI=1S/C24H34N4O2/c1-5-10-20(25-23(29)15-18(4)12-9-11-17(2)3)24(30)26-22-16-21(27-28-22)19-13-7-6-8-14-19/h6-8,11,13-14,16,18,20H,5,9-10,12,15H2,1-4H3,(H,25,29)(H2,26,27,28,30). The molecule has 0 spiro atoms. The molecule has 0 bridgehead atoms. The number of rotatable bonds is 11. The van der Waals surface area contributed by atoms with Crippen molar-refractivity contribution in [3.8, 4) is 11.3 Å². The molecule has 1 aromatic heterocycles. The summed E-state index contributed by atoms with van der Waals surface area (Å²) in [6, 6.07) is 11.0. The minimum absolute atomic E-state index is 0.0831. The van der Waals surface area contributed by atoms with Crippen LogP contribution in [0.5, 0.6) is 0 Å². The molecule has 6 heteroatoms. The van der Waals surface area contributed by atoms with Gasteiger partial charge in [-0.3, -0.25) is 14.7 Å². The summed E-state index contributed by atoms with van der Waals surface area (Å²) in [6.45, 7) is 8.22. The first kappa shape index (κ1) is 23.4. The molecule has 1 heterocycles. The van der Waals surface area contributed by atoms with Gasteiger partial charge in [-0.1, -0.05) is 62.2 Å². The van der Waals surface area contributed by atoms with Crippen LogP contribution in [0.3, 0.4) is 0 Å². The van der Waals surface area contributed by atoms with Crippen molar-refractivity contribution >= 4 is 17.6 Å². The molecule has 2 amide bonds. The fourth-order valence-corrected chi connectivity index (χ4v) is 3.25. The number of H-pyrrole nitrogens is 1. The number of anilines is 1. The van der Waals surface area contributed by atoms with Gasteiger partial charge in [-0.25, -0.2) is 0 Å². The predicted octanol–water partition coefficient (Wildman–Crippen LogP) is 5.07. The van der Waals surface area contributed by atoms with E-state index in [9.17, 15) is 9.59 Å². The van der Waals surface area contributed by atoms with Crippen LogP contribution < -0.4 is 10.6 Å². The summed E-state index contributed by atoms with van der Waals surface area (Å²) in [5, 5.41) is 12.8. The van der Waals surface area contributed by atoms with E-state index < -0.39 is 6.04 Å². The first-order chi connectivity index (χ1) is 14.4. The Bertz CT molecular complexity index is 838. The minimum atomic E-state index is -0.565. The molecular weight excluding hydrogens is 376 g/mol. The van der Waals surface area contributed by atoms with Crippen LogP contribution in [0.15, 0.2) is 48.0 Å². The van der Waals surface area contributed by atoms with Crippen molar-refractivity contribution in [3.63, 3.8) is 0 Å². The van der Waals surface area contributed by atoms with Crippen molar-refractivity contribution in [2.75, 3.05) is 5.32 Å². The van der Waals surface area contributed by atoms with E-state index in [1.54, 1.807) is 6.07 Å². The lowest BCUT2D eigenvalue weighted by Gasteiger charge is -2.18. The van der Waals surface area contributed by atoms with E-state index in [0.717, 1.165) is 30.5 Å². The van der Waals surface area contributed by atoms with Gasteiger partial charge >= 0.3 is 0 Å². The second kappa shape index (κ2) is 12.0. The third kappa shape index (κ3) is 7.85. The number of hydrogen-bond donors (Lipinski definition) is 3. The van der Waals surface area contributed by atoms with Gasteiger partial charge in [-0.05, 0) is 44.6 Å². The highest BCUT2D eigenvalue weighted by Gasteiger charge is 2.21. The third-order valence-corrected chi connectivity index (χ3v) is 4.89. The Morgan fingerprint density at radius 3 is 2.57 bits per heavy atom. The minimum Gasteiger partial charge on any atom is -0.344 e. The number of carbonyl (C=O) groups is 2. The molecule has 0 radical (unpaired) electrons. The lowest BCUT2D eigenvalue weighted by atomic mass is 10.00. The van der Waals surface area contributed by atoms with Gasteiger partial charge in [0.05, 0.1) is 5.69 Å². The summed E-state index contributed by atoms with van der Waals surface area (Å²) in [5.41, 5.74) is 3.11. The van der Waals surface area contributed by atoms with E-state index in [0.29, 0.717) is 18.7 Å². The Hall–Kier alpha value is -2.89. The molecule has 162 valence electrons. The number of aromatic amines is 1. The highest BCUT2D eigenvalue weighted by atomic mass is 16.2. The first-order valence-electron chi connectivity index (χ1n) is 10.7. The molecular formula is C24H34N4O2. The largest absolute Gasteiger partial charge is 0.344 e. The van der Waals surface area contributed by atoms with Gasteiger partial charge in [0.25, 0.3) is 0 Å².